The van der Waals surface area contributed by atoms with E-state index >= 15 is 0 Å². The van der Waals surface area contributed by atoms with E-state index in [1.165, 1.54) is 8.61 Å². The maximum atomic E-state index is 12.2. The number of hydrogen-bond donors (Lipinski definition) is 0. The van der Waals surface area contributed by atoms with Crippen LogP contribution in [-0.4, -0.2) is 61.8 Å². The highest BCUT2D eigenvalue weighted by Gasteiger charge is 2.32. The van der Waals surface area contributed by atoms with Crippen molar-refractivity contribution in [3.8, 4) is 0 Å². The summed E-state index contributed by atoms with van der Waals surface area (Å²) in [5.41, 5.74) is 0. The van der Waals surface area contributed by atoms with Gasteiger partial charge in [0.05, 0.1) is 12.7 Å². The van der Waals surface area contributed by atoms with Crippen molar-refractivity contribution >= 4 is 21.8 Å². The molecule has 1 aliphatic heterocycles. The van der Waals surface area contributed by atoms with Gasteiger partial charge in [0, 0.05) is 32.1 Å². The van der Waals surface area contributed by atoms with E-state index in [1.807, 2.05) is 13.8 Å². The molecule has 0 bridgehead atoms. The van der Waals surface area contributed by atoms with Crippen molar-refractivity contribution in [1.29, 1.82) is 0 Å². The molecule has 0 aromatic heterocycles. The lowest BCUT2D eigenvalue weighted by Crippen LogP contribution is -2.48. The first-order chi connectivity index (χ1) is 8.39. The van der Waals surface area contributed by atoms with Crippen molar-refractivity contribution in [3.63, 3.8) is 0 Å². The van der Waals surface area contributed by atoms with Crippen molar-refractivity contribution in [2.24, 2.45) is 0 Å². The number of nitrogens with zero attached hydrogens (tertiary/aromatic N) is 2. The fourth-order valence-corrected chi connectivity index (χ4v) is 3.55. The van der Waals surface area contributed by atoms with Crippen LogP contribution in [0.3, 0.4) is 0 Å². The summed E-state index contributed by atoms with van der Waals surface area (Å²) in [5, 5.41) is 0. The third kappa shape index (κ3) is 4.06. The summed E-state index contributed by atoms with van der Waals surface area (Å²) in [6, 6.07) is -0.0276. The van der Waals surface area contributed by atoms with Crippen molar-refractivity contribution < 1.29 is 13.2 Å². The van der Waals surface area contributed by atoms with E-state index in [9.17, 15) is 8.42 Å². The zero-order valence-electron chi connectivity index (χ0n) is 11.3. The lowest BCUT2D eigenvalue weighted by atomic mass is 10.1. The molecule has 1 rings (SSSR count). The Kier molecular flexibility index (Phi) is 6.34. The molecule has 0 N–H and O–H groups in total. The van der Waals surface area contributed by atoms with Crippen LogP contribution in [0.25, 0.3) is 0 Å². The molecule has 18 heavy (non-hydrogen) atoms. The summed E-state index contributed by atoms with van der Waals surface area (Å²) in [7, 11) is -1.70. The Labute approximate surface area is 115 Å². The fraction of sp³-hybridized carbons (Fsp3) is 1.00. The van der Waals surface area contributed by atoms with Crippen molar-refractivity contribution in [1.82, 2.24) is 8.61 Å². The van der Waals surface area contributed by atoms with Gasteiger partial charge in [-0.1, -0.05) is 0 Å². The Bertz CT molecular complexity index is 340. The molecule has 0 unspecified atom stereocenters. The first-order valence-electron chi connectivity index (χ1n) is 6.30. The largest absolute Gasteiger partial charge is 0.377 e. The number of piperidine rings is 1. The lowest BCUT2D eigenvalue weighted by Gasteiger charge is -2.34. The molecule has 0 aromatic rings. The Hall–Kier alpha value is 0.120. The molecule has 1 saturated heterocycles. The van der Waals surface area contributed by atoms with E-state index < -0.39 is 10.2 Å². The highest BCUT2D eigenvalue weighted by molar-refractivity contribution is 7.86. The summed E-state index contributed by atoms with van der Waals surface area (Å²) >= 11 is 5.56. The van der Waals surface area contributed by atoms with Crippen LogP contribution < -0.4 is 0 Å². The van der Waals surface area contributed by atoms with Gasteiger partial charge < -0.3 is 4.74 Å². The second kappa shape index (κ2) is 7.05. The maximum absolute atomic E-state index is 12.2. The first-order valence-corrected chi connectivity index (χ1v) is 8.23. The van der Waals surface area contributed by atoms with Crippen molar-refractivity contribution in [3.05, 3.63) is 0 Å². The topological polar surface area (TPSA) is 49.9 Å². The van der Waals surface area contributed by atoms with Gasteiger partial charge in [-0.15, -0.1) is 11.6 Å². The van der Waals surface area contributed by atoms with E-state index in [0.717, 1.165) is 12.8 Å². The third-order valence-corrected chi connectivity index (χ3v) is 5.57. The summed E-state index contributed by atoms with van der Waals surface area (Å²) in [5.74, 6) is 0.481. The molecule has 1 aliphatic rings. The second-order valence-corrected chi connectivity index (χ2v) is 7.14. The van der Waals surface area contributed by atoms with Gasteiger partial charge in [-0.25, -0.2) is 0 Å². The molecule has 7 heteroatoms. The molecule has 0 aliphatic carbocycles. The minimum absolute atomic E-state index is 0.0276. The highest BCUT2D eigenvalue weighted by Crippen LogP contribution is 2.19. The Balaban J connectivity index is 2.52. The van der Waals surface area contributed by atoms with Gasteiger partial charge in [0.15, 0.2) is 0 Å². The van der Waals surface area contributed by atoms with E-state index in [2.05, 4.69) is 0 Å². The normalized spacial score (nSPS) is 19.9. The van der Waals surface area contributed by atoms with Crippen LogP contribution >= 0.6 is 11.6 Å². The number of hydrogen-bond acceptors (Lipinski definition) is 3. The van der Waals surface area contributed by atoms with Crippen LogP contribution in [-0.2, 0) is 14.9 Å². The Morgan fingerprint density at radius 3 is 2.39 bits per heavy atom. The van der Waals surface area contributed by atoms with Crippen molar-refractivity contribution in [2.75, 3.05) is 32.6 Å². The van der Waals surface area contributed by atoms with Gasteiger partial charge in [0.2, 0.25) is 0 Å². The highest BCUT2D eigenvalue weighted by atomic mass is 35.5. The van der Waals surface area contributed by atoms with E-state index in [4.69, 9.17) is 16.3 Å². The predicted molar refractivity (Wildman–Crippen MR) is 73.1 cm³/mol. The smallest absolute Gasteiger partial charge is 0.281 e. The predicted octanol–water partition coefficient (Wildman–Crippen LogP) is 1.29. The number of alkyl halides is 1. The average Bonchev–Trinajstić information content (AvgIpc) is 2.35. The maximum Gasteiger partial charge on any atom is 0.281 e. The fourth-order valence-electron chi connectivity index (χ4n) is 1.89. The molecule has 0 aromatic carbocycles. The van der Waals surface area contributed by atoms with E-state index in [1.54, 1.807) is 7.05 Å². The third-order valence-electron chi connectivity index (χ3n) is 3.25. The van der Waals surface area contributed by atoms with Crippen LogP contribution in [0.5, 0.6) is 0 Å². The van der Waals surface area contributed by atoms with Gasteiger partial charge in [-0.3, -0.25) is 0 Å². The molecular weight excluding hydrogens is 276 g/mol. The van der Waals surface area contributed by atoms with Gasteiger partial charge in [0.1, 0.15) is 0 Å². The summed E-state index contributed by atoms with van der Waals surface area (Å²) in [6.07, 6.45) is 1.61. The SMILES string of the molecule is CC(C)N(C)S(=O)(=O)N1CCC(OCCCl)CC1. The second-order valence-electron chi connectivity index (χ2n) is 4.78. The summed E-state index contributed by atoms with van der Waals surface area (Å²) in [4.78, 5) is 0. The van der Waals surface area contributed by atoms with Crippen LogP contribution in [0.15, 0.2) is 0 Å². The molecule has 0 radical (unpaired) electrons. The van der Waals surface area contributed by atoms with Crippen molar-refractivity contribution in [2.45, 2.75) is 38.8 Å². The zero-order valence-corrected chi connectivity index (χ0v) is 12.9. The number of ether oxygens (including phenoxy) is 1. The molecule has 0 saturated carbocycles. The van der Waals surface area contributed by atoms with Crippen LogP contribution in [0.1, 0.15) is 26.7 Å². The average molecular weight is 299 g/mol. The van der Waals surface area contributed by atoms with Crippen LogP contribution in [0, 0.1) is 0 Å². The van der Waals surface area contributed by atoms with Gasteiger partial charge in [-0.2, -0.15) is 17.0 Å². The first kappa shape index (κ1) is 16.2. The monoisotopic (exact) mass is 298 g/mol. The lowest BCUT2D eigenvalue weighted by molar-refractivity contribution is 0.0292. The Morgan fingerprint density at radius 2 is 1.94 bits per heavy atom. The van der Waals surface area contributed by atoms with Crippen LogP contribution in [0.2, 0.25) is 0 Å². The van der Waals surface area contributed by atoms with Gasteiger partial charge in [0.25, 0.3) is 10.2 Å². The zero-order chi connectivity index (χ0) is 13.8. The quantitative estimate of drug-likeness (QED) is 0.694. The molecule has 0 amide bonds. The molecule has 108 valence electrons. The minimum atomic E-state index is -3.32. The summed E-state index contributed by atoms with van der Waals surface area (Å²) < 4.78 is 33.0. The molecular formula is C11H23ClN2O3S. The number of rotatable bonds is 6. The standard InChI is InChI=1S/C11H23ClN2O3S/c1-10(2)13(3)18(15,16)14-7-4-11(5-8-14)17-9-6-12/h10-11H,4-9H2,1-3H3. The van der Waals surface area contributed by atoms with E-state index in [0.29, 0.717) is 25.6 Å². The molecule has 5 nitrogen and oxygen atoms in total. The van der Waals surface area contributed by atoms with Crippen LogP contribution in [0.4, 0.5) is 0 Å². The molecule has 1 fully saturated rings. The van der Waals surface area contributed by atoms with E-state index in [-0.39, 0.29) is 12.1 Å². The number of halogens is 1. The van der Waals surface area contributed by atoms with Gasteiger partial charge in [-0.05, 0) is 26.7 Å². The summed E-state index contributed by atoms with van der Waals surface area (Å²) in [6.45, 7) is 5.31. The molecule has 0 atom stereocenters. The molecule has 0 spiro atoms. The molecule has 1 heterocycles. The minimum Gasteiger partial charge on any atom is -0.377 e. The Morgan fingerprint density at radius 1 is 1.39 bits per heavy atom. The van der Waals surface area contributed by atoms with Gasteiger partial charge >= 0.3 is 0 Å².